The third kappa shape index (κ3) is 2.76. The molecule has 5 heteroatoms. The van der Waals surface area contributed by atoms with Crippen molar-refractivity contribution < 1.29 is 0 Å². The summed E-state index contributed by atoms with van der Waals surface area (Å²) in [7, 11) is 0. The third-order valence-electron chi connectivity index (χ3n) is 2.71. The Kier molecular flexibility index (Phi) is 3.48. The van der Waals surface area contributed by atoms with Crippen LogP contribution in [0.3, 0.4) is 0 Å². The van der Waals surface area contributed by atoms with E-state index in [1.54, 1.807) is 11.3 Å². The quantitative estimate of drug-likeness (QED) is 0.633. The first kappa shape index (κ1) is 12.9. The number of halogens is 2. The summed E-state index contributed by atoms with van der Waals surface area (Å²) in [4.78, 5) is 4.56. The summed E-state index contributed by atoms with van der Waals surface area (Å²) in [5.41, 5.74) is 3.17. The van der Waals surface area contributed by atoms with Crippen molar-refractivity contribution in [3.63, 3.8) is 0 Å². The molecule has 0 aliphatic rings. The van der Waals surface area contributed by atoms with Gasteiger partial charge in [0, 0.05) is 9.50 Å². The van der Waals surface area contributed by atoms with E-state index in [0.29, 0.717) is 5.02 Å². The lowest BCUT2D eigenvalue weighted by Gasteiger charge is -2.05. The summed E-state index contributed by atoms with van der Waals surface area (Å²) in [5, 5.41) is 4.86. The number of anilines is 2. The first-order chi connectivity index (χ1) is 9.11. The van der Waals surface area contributed by atoms with Crippen LogP contribution in [0.1, 0.15) is 5.56 Å². The van der Waals surface area contributed by atoms with Gasteiger partial charge < -0.3 is 5.32 Å². The molecule has 0 radical (unpaired) electrons. The normalized spacial score (nSPS) is 10.9. The largest absolute Gasteiger partial charge is 0.331 e. The lowest BCUT2D eigenvalue weighted by molar-refractivity contribution is 1.42. The minimum Gasteiger partial charge on any atom is -0.331 e. The number of nitrogens with one attached hydrogen (secondary N) is 1. The second-order valence-electron chi connectivity index (χ2n) is 4.24. The summed E-state index contributed by atoms with van der Waals surface area (Å²) >= 11 is 11.1. The predicted octanol–water partition coefficient (Wildman–Crippen LogP) is 5.76. The molecule has 0 saturated carbocycles. The third-order valence-corrected chi connectivity index (χ3v) is 4.57. The monoisotopic (exact) mass is 352 g/mol. The van der Waals surface area contributed by atoms with Crippen molar-refractivity contribution in [3.05, 3.63) is 51.5 Å². The number of hydrogen-bond donors (Lipinski definition) is 1. The average Bonchev–Trinajstić information content (AvgIpc) is 2.75. The molecule has 96 valence electrons. The van der Waals surface area contributed by atoms with Crippen LogP contribution < -0.4 is 5.32 Å². The number of aryl methyl sites for hydroxylation is 1. The standard InChI is InChI=1S/C14H10BrClN2S/c1-8-2-5-11-13(6-8)19-14(17-11)18-12-7-9(16)3-4-10(12)15/h2-7H,1H3,(H,17,18). The lowest BCUT2D eigenvalue weighted by atomic mass is 10.2. The Bertz CT molecular complexity index is 754. The molecule has 0 spiro atoms. The van der Waals surface area contributed by atoms with Gasteiger partial charge in [-0.05, 0) is 58.7 Å². The second-order valence-corrected chi connectivity index (χ2v) is 6.56. The van der Waals surface area contributed by atoms with E-state index in [0.717, 1.165) is 20.8 Å². The Morgan fingerprint density at radius 3 is 2.89 bits per heavy atom. The average molecular weight is 354 g/mol. The van der Waals surface area contributed by atoms with Crippen LogP contribution in [0.4, 0.5) is 10.8 Å². The van der Waals surface area contributed by atoms with Crippen LogP contribution in [0.25, 0.3) is 10.2 Å². The van der Waals surface area contributed by atoms with Crippen molar-refractivity contribution in [3.8, 4) is 0 Å². The van der Waals surface area contributed by atoms with Crippen LogP contribution in [0.15, 0.2) is 40.9 Å². The molecule has 1 heterocycles. The van der Waals surface area contributed by atoms with Gasteiger partial charge in [0.05, 0.1) is 15.9 Å². The summed E-state index contributed by atoms with van der Waals surface area (Å²) in [6.07, 6.45) is 0. The van der Waals surface area contributed by atoms with Crippen LogP contribution >= 0.6 is 38.9 Å². The van der Waals surface area contributed by atoms with Crippen LogP contribution in [0.2, 0.25) is 5.02 Å². The zero-order valence-corrected chi connectivity index (χ0v) is 13.2. The van der Waals surface area contributed by atoms with Gasteiger partial charge in [-0.1, -0.05) is 29.0 Å². The first-order valence-electron chi connectivity index (χ1n) is 5.71. The highest BCUT2D eigenvalue weighted by molar-refractivity contribution is 9.10. The number of thiazole rings is 1. The fourth-order valence-electron chi connectivity index (χ4n) is 1.79. The summed E-state index contributed by atoms with van der Waals surface area (Å²) < 4.78 is 2.15. The summed E-state index contributed by atoms with van der Waals surface area (Å²) in [6.45, 7) is 2.08. The van der Waals surface area contributed by atoms with Gasteiger partial charge in [-0.3, -0.25) is 0 Å². The van der Waals surface area contributed by atoms with E-state index in [1.807, 2.05) is 24.3 Å². The maximum Gasteiger partial charge on any atom is 0.188 e. The Morgan fingerprint density at radius 1 is 1.21 bits per heavy atom. The Balaban J connectivity index is 1.98. The topological polar surface area (TPSA) is 24.9 Å². The number of benzene rings is 2. The summed E-state index contributed by atoms with van der Waals surface area (Å²) in [5.74, 6) is 0. The van der Waals surface area contributed by atoms with Crippen molar-refractivity contribution >= 4 is 59.9 Å². The van der Waals surface area contributed by atoms with Crippen molar-refractivity contribution in [2.45, 2.75) is 6.92 Å². The molecule has 0 atom stereocenters. The van der Waals surface area contributed by atoms with Crippen molar-refractivity contribution in [1.82, 2.24) is 4.98 Å². The minimum atomic E-state index is 0.697. The molecule has 0 unspecified atom stereocenters. The molecule has 0 aliphatic heterocycles. The molecule has 0 fully saturated rings. The first-order valence-corrected chi connectivity index (χ1v) is 7.70. The van der Waals surface area contributed by atoms with Gasteiger partial charge in [0.25, 0.3) is 0 Å². The predicted molar refractivity (Wildman–Crippen MR) is 86.8 cm³/mol. The van der Waals surface area contributed by atoms with Gasteiger partial charge in [-0.15, -0.1) is 0 Å². The zero-order chi connectivity index (χ0) is 13.4. The van der Waals surface area contributed by atoms with Gasteiger partial charge >= 0.3 is 0 Å². The highest BCUT2D eigenvalue weighted by Crippen LogP contribution is 2.33. The van der Waals surface area contributed by atoms with E-state index >= 15 is 0 Å². The SMILES string of the molecule is Cc1ccc2nc(Nc3cc(Cl)ccc3Br)sc2c1. The van der Waals surface area contributed by atoms with E-state index in [-0.39, 0.29) is 0 Å². The maximum atomic E-state index is 6.00. The van der Waals surface area contributed by atoms with Crippen LogP contribution in [0.5, 0.6) is 0 Å². The molecule has 0 saturated heterocycles. The van der Waals surface area contributed by atoms with Crippen LogP contribution in [0, 0.1) is 6.92 Å². The van der Waals surface area contributed by atoms with Gasteiger partial charge in [-0.25, -0.2) is 4.98 Å². The molecule has 2 aromatic carbocycles. The van der Waals surface area contributed by atoms with Crippen LogP contribution in [-0.4, -0.2) is 4.98 Å². The van der Waals surface area contributed by atoms with E-state index < -0.39 is 0 Å². The fourth-order valence-corrected chi connectivity index (χ4v) is 3.29. The smallest absolute Gasteiger partial charge is 0.188 e. The fraction of sp³-hybridized carbons (Fsp3) is 0.0714. The summed E-state index contributed by atoms with van der Waals surface area (Å²) in [6, 6.07) is 11.9. The van der Waals surface area contributed by atoms with Gasteiger partial charge in [0.15, 0.2) is 5.13 Å². The number of hydrogen-bond acceptors (Lipinski definition) is 3. The highest BCUT2D eigenvalue weighted by atomic mass is 79.9. The maximum absolute atomic E-state index is 6.00. The Hall–Kier alpha value is -1.10. The number of aromatic nitrogens is 1. The van der Waals surface area contributed by atoms with E-state index in [4.69, 9.17) is 11.6 Å². The molecule has 0 amide bonds. The number of nitrogens with zero attached hydrogens (tertiary/aromatic N) is 1. The molecule has 19 heavy (non-hydrogen) atoms. The van der Waals surface area contributed by atoms with E-state index in [2.05, 4.69) is 45.3 Å². The van der Waals surface area contributed by atoms with Gasteiger partial charge in [0.2, 0.25) is 0 Å². The second kappa shape index (κ2) is 5.12. The lowest BCUT2D eigenvalue weighted by Crippen LogP contribution is -1.90. The molecule has 2 nitrogen and oxygen atoms in total. The van der Waals surface area contributed by atoms with Crippen LogP contribution in [-0.2, 0) is 0 Å². The van der Waals surface area contributed by atoms with Crippen molar-refractivity contribution in [1.29, 1.82) is 0 Å². The Morgan fingerprint density at radius 2 is 2.05 bits per heavy atom. The molecular formula is C14H10BrClN2S. The number of fused-ring (bicyclic) bond motifs is 1. The van der Waals surface area contributed by atoms with Gasteiger partial charge in [0.1, 0.15) is 0 Å². The molecular weight excluding hydrogens is 344 g/mol. The molecule has 3 aromatic rings. The molecule has 3 rings (SSSR count). The minimum absolute atomic E-state index is 0.697. The zero-order valence-electron chi connectivity index (χ0n) is 10.1. The van der Waals surface area contributed by atoms with Gasteiger partial charge in [-0.2, -0.15) is 0 Å². The molecule has 1 aromatic heterocycles. The van der Waals surface area contributed by atoms with E-state index in [1.165, 1.54) is 10.3 Å². The number of rotatable bonds is 2. The molecule has 0 aliphatic carbocycles. The highest BCUT2D eigenvalue weighted by Gasteiger charge is 2.06. The molecule has 0 bridgehead atoms. The molecule has 1 N–H and O–H groups in total. The Labute approximate surface area is 128 Å². The van der Waals surface area contributed by atoms with E-state index in [9.17, 15) is 0 Å². The van der Waals surface area contributed by atoms with Crippen molar-refractivity contribution in [2.24, 2.45) is 0 Å². The van der Waals surface area contributed by atoms with Crippen molar-refractivity contribution in [2.75, 3.05) is 5.32 Å².